The summed E-state index contributed by atoms with van der Waals surface area (Å²) in [6.45, 7) is 0.421. The van der Waals surface area contributed by atoms with Gasteiger partial charge in [0.1, 0.15) is 0 Å². The summed E-state index contributed by atoms with van der Waals surface area (Å²) in [4.78, 5) is 0. The van der Waals surface area contributed by atoms with E-state index in [1.54, 1.807) is 30.3 Å². The summed E-state index contributed by atoms with van der Waals surface area (Å²) in [6.07, 6.45) is 0. The molecule has 2 aromatic rings. The van der Waals surface area contributed by atoms with Crippen LogP contribution in [0.15, 0.2) is 36.4 Å². The number of halogens is 3. The first-order chi connectivity index (χ1) is 9.11. The van der Waals surface area contributed by atoms with E-state index in [4.69, 9.17) is 27.9 Å². The molecule has 0 aliphatic rings. The number of benzene rings is 2. The lowest BCUT2D eigenvalue weighted by Gasteiger charge is -2.11. The first-order valence-corrected chi connectivity index (χ1v) is 6.37. The number of anilines is 1. The van der Waals surface area contributed by atoms with Crippen molar-refractivity contribution in [2.45, 2.75) is 6.54 Å². The minimum absolute atomic E-state index is 0.222. The molecule has 19 heavy (non-hydrogen) atoms. The number of ether oxygens (including phenoxy) is 1. The largest absolute Gasteiger partial charge is 0.494 e. The van der Waals surface area contributed by atoms with E-state index in [9.17, 15) is 4.39 Å². The van der Waals surface area contributed by atoms with Gasteiger partial charge in [-0.15, -0.1) is 0 Å². The molecule has 0 spiro atoms. The van der Waals surface area contributed by atoms with E-state index in [1.165, 1.54) is 13.2 Å². The van der Waals surface area contributed by atoms with Crippen molar-refractivity contribution in [3.8, 4) is 5.75 Å². The summed E-state index contributed by atoms with van der Waals surface area (Å²) in [5.41, 5.74) is 1.41. The molecule has 0 radical (unpaired) electrons. The molecule has 2 nitrogen and oxygen atoms in total. The fraction of sp³-hybridized carbons (Fsp3) is 0.143. The highest BCUT2D eigenvalue weighted by atomic mass is 35.5. The van der Waals surface area contributed by atoms with Gasteiger partial charge >= 0.3 is 0 Å². The second-order valence-corrected chi connectivity index (χ2v) is 4.73. The molecule has 0 fully saturated rings. The van der Waals surface area contributed by atoms with E-state index >= 15 is 0 Å². The van der Waals surface area contributed by atoms with E-state index in [0.29, 0.717) is 22.3 Å². The van der Waals surface area contributed by atoms with Gasteiger partial charge < -0.3 is 10.1 Å². The van der Waals surface area contributed by atoms with Crippen LogP contribution in [0.25, 0.3) is 0 Å². The molecule has 2 rings (SSSR count). The predicted octanol–water partition coefficient (Wildman–Crippen LogP) is 4.75. The van der Waals surface area contributed by atoms with Gasteiger partial charge in [-0.1, -0.05) is 35.3 Å². The Balaban J connectivity index is 2.13. The molecule has 2 aromatic carbocycles. The Morgan fingerprint density at radius 1 is 1.16 bits per heavy atom. The summed E-state index contributed by atoms with van der Waals surface area (Å²) in [5, 5.41) is 4.15. The van der Waals surface area contributed by atoms with E-state index in [-0.39, 0.29) is 5.75 Å². The first kappa shape index (κ1) is 14.0. The maximum atomic E-state index is 13.5. The summed E-state index contributed by atoms with van der Waals surface area (Å²) in [7, 11) is 1.43. The lowest BCUT2D eigenvalue weighted by Crippen LogP contribution is -2.01. The van der Waals surface area contributed by atoms with Crippen LogP contribution in [0.2, 0.25) is 10.0 Å². The normalized spacial score (nSPS) is 10.3. The lowest BCUT2D eigenvalue weighted by molar-refractivity contribution is 0.386. The molecule has 0 atom stereocenters. The molecule has 5 heteroatoms. The van der Waals surface area contributed by atoms with Crippen LogP contribution in [0.5, 0.6) is 5.75 Å². The third-order valence-corrected chi connectivity index (χ3v) is 3.28. The topological polar surface area (TPSA) is 21.3 Å². The number of hydrogen-bond donors (Lipinski definition) is 1. The number of para-hydroxylation sites is 1. The van der Waals surface area contributed by atoms with Gasteiger partial charge in [-0.3, -0.25) is 0 Å². The van der Waals surface area contributed by atoms with Crippen molar-refractivity contribution in [2.24, 2.45) is 0 Å². The van der Waals surface area contributed by atoms with Gasteiger partial charge in [0, 0.05) is 6.54 Å². The fourth-order valence-electron chi connectivity index (χ4n) is 1.68. The van der Waals surface area contributed by atoms with E-state index in [0.717, 1.165) is 5.56 Å². The summed E-state index contributed by atoms with van der Waals surface area (Å²) >= 11 is 12.1. The molecule has 0 aliphatic heterocycles. The molecule has 1 N–H and O–H groups in total. The second-order valence-electron chi connectivity index (χ2n) is 3.92. The second kappa shape index (κ2) is 6.13. The van der Waals surface area contributed by atoms with Crippen molar-refractivity contribution >= 4 is 28.9 Å². The molecule has 0 aromatic heterocycles. The first-order valence-electron chi connectivity index (χ1n) is 5.62. The minimum Gasteiger partial charge on any atom is -0.494 e. The summed E-state index contributed by atoms with van der Waals surface area (Å²) in [5.74, 6) is -0.174. The third-order valence-electron chi connectivity index (χ3n) is 2.65. The quantitative estimate of drug-likeness (QED) is 0.879. The van der Waals surface area contributed by atoms with Crippen LogP contribution in [0.1, 0.15) is 5.56 Å². The van der Waals surface area contributed by atoms with Crippen molar-refractivity contribution in [3.63, 3.8) is 0 Å². The molecule has 100 valence electrons. The minimum atomic E-state index is -0.396. The maximum absolute atomic E-state index is 13.5. The van der Waals surface area contributed by atoms with E-state index < -0.39 is 5.82 Å². The van der Waals surface area contributed by atoms with Crippen LogP contribution in [-0.4, -0.2) is 7.11 Å². The molecular formula is C14H12Cl2FNO. The predicted molar refractivity (Wildman–Crippen MR) is 76.7 cm³/mol. The zero-order valence-corrected chi connectivity index (χ0v) is 11.7. The van der Waals surface area contributed by atoms with Gasteiger partial charge in [0.05, 0.1) is 22.8 Å². The maximum Gasteiger partial charge on any atom is 0.165 e. The zero-order chi connectivity index (χ0) is 13.8. The van der Waals surface area contributed by atoms with Gasteiger partial charge in [-0.25, -0.2) is 4.39 Å². The van der Waals surface area contributed by atoms with Gasteiger partial charge in [0.25, 0.3) is 0 Å². The van der Waals surface area contributed by atoms with Gasteiger partial charge in [0.2, 0.25) is 0 Å². The average Bonchev–Trinajstić information content (AvgIpc) is 2.38. The Morgan fingerprint density at radius 3 is 2.42 bits per heavy atom. The van der Waals surface area contributed by atoms with Crippen molar-refractivity contribution in [1.29, 1.82) is 0 Å². The number of nitrogens with one attached hydrogen (secondary N) is 1. The van der Waals surface area contributed by atoms with Crippen molar-refractivity contribution < 1.29 is 9.13 Å². The molecular weight excluding hydrogens is 288 g/mol. The summed E-state index contributed by atoms with van der Waals surface area (Å²) < 4.78 is 18.4. The molecule has 0 saturated carbocycles. The van der Waals surface area contributed by atoms with Crippen molar-refractivity contribution in [1.82, 2.24) is 0 Å². The standard InChI is InChI=1S/C14H12Cl2FNO/c1-19-13-6-5-9(7-12(13)17)8-18-14-10(15)3-2-4-11(14)16/h2-7,18H,8H2,1H3. The van der Waals surface area contributed by atoms with Crippen LogP contribution < -0.4 is 10.1 Å². The SMILES string of the molecule is COc1ccc(CNc2c(Cl)cccc2Cl)cc1F. The highest BCUT2D eigenvalue weighted by Crippen LogP contribution is 2.30. The number of methoxy groups -OCH3 is 1. The Kier molecular flexibility index (Phi) is 4.51. The molecule has 0 heterocycles. The Hall–Kier alpha value is -1.45. The van der Waals surface area contributed by atoms with Crippen molar-refractivity contribution in [2.75, 3.05) is 12.4 Å². The smallest absolute Gasteiger partial charge is 0.165 e. The third kappa shape index (κ3) is 3.31. The van der Waals surface area contributed by atoms with Gasteiger partial charge in [-0.2, -0.15) is 0 Å². The van der Waals surface area contributed by atoms with Gasteiger partial charge in [-0.05, 0) is 29.8 Å². The summed E-state index contributed by atoms with van der Waals surface area (Å²) in [6, 6.07) is 10.0. The molecule has 0 unspecified atom stereocenters. The van der Waals surface area contributed by atoms with Crippen LogP contribution in [0.4, 0.5) is 10.1 Å². The Bertz CT molecular complexity index is 569. The highest BCUT2D eigenvalue weighted by Gasteiger charge is 2.06. The lowest BCUT2D eigenvalue weighted by atomic mass is 10.2. The Morgan fingerprint density at radius 2 is 1.84 bits per heavy atom. The highest BCUT2D eigenvalue weighted by molar-refractivity contribution is 6.39. The fourth-order valence-corrected chi connectivity index (χ4v) is 2.21. The number of rotatable bonds is 4. The monoisotopic (exact) mass is 299 g/mol. The molecule has 0 saturated heterocycles. The van der Waals surface area contributed by atoms with Crippen LogP contribution in [0, 0.1) is 5.82 Å². The average molecular weight is 300 g/mol. The number of hydrogen-bond acceptors (Lipinski definition) is 2. The van der Waals surface area contributed by atoms with Crippen LogP contribution in [-0.2, 0) is 6.54 Å². The zero-order valence-electron chi connectivity index (χ0n) is 10.2. The molecule has 0 bridgehead atoms. The van der Waals surface area contributed by atoms with E-state index in [1.807, 2.05) is 0 Å². The Labute approximate surface area is 121 Å². The molecule has 0 aliphatic carbocycles. The molecule has 0 amide bonds. The van der Waals surface area contributed by atoms with Crippen LogP contribution >= 0.6 is 23.2 Å². The van der Waals surface area contributed by atoms with Crippen LogP contribution in [0.3, 0.4) is 0 Å². The van der Waals surface area contributed by atoms with Gasteiger partial charge in [0.15, 0.2) is 11.6 Å². The van der Waals surface area contributed by atoms with Crippen molar-refractivity contribution in [3.05, 3.63) is 57.8 Å². The van der Waals surface area contributed by atoms with E-state index in [2.05, 4.69) is 5.32 Å².